The van der Waals surface area contributed by atoms with Gasteiger partial charge in [0.25, 0.3) is 0 Å². The van der Waals surface area contributed by atoms with E-state index in [0.29, 0.717) is 30.6 Å². The lowest BCUT2D eigenvalue weighted by Crippen LogP contribution is -2.51. The zero-order valence-electron chi connectivity index (χ0n) is 11.9. The predicted octanol–water partition coefficient (Wildman–Crippen LogP) is 2.71. The van der Waals surface area contributed by atoms with E-state index in [1.165, 1.54) is 6.07 Å². The Balaban J connectivity index is 1.89. The third-order valence-electron chi connectivity index (χ3n) is 4.14. The smallest absolute Gasteiger partial charge is 0.134 e. The largest absolute Gasteiger partial charge is 0.494 e. The minimum absolute atomic E-state index is 0.203. The molecular formula is C16H20FNO2. The Labute approximate surface area is 119 Å². The number of hydrogen-bond donors (Lipinski definition) is 0. The molecule has 4 heteroatoms. The molecule has 0 N–H and O–H groups in total. The lowest BCUT2D eigenvalue weighted by Gasteiger charge is -2.42. The van der Waals surface area contributed by atoms with Gasteiger partial charge in [0.05, 0.1) is 25.9 Å². The van der Waals surface area contributed by atoms with E-state index in [4.69, 9.17) is 9.47 Å². The molecule has 1 aromatic rings. The van der Waals surface area contributed by atoms with Crippen LogP contribution in [-0.2, 0) is 4.74 Å². The molecule has 0 aromatic heterocycles. The zero-order chi connectivity index (χ0) is 14.1. The summed E-state index contributed by atoms with van der Waals surface area (Å²) >= 11 is 0. The summed E-state index contributed by atoms with van der Waals surface area (Å²) < 4.78 is 25.2. The van der Waals surface area contributed by atoms with E-state index in [9.17, 15) is 4.39 Å². The molecule has 2 aliphatic heterocycles. The van der Waals surface area contributed by atoms with Gasteiger partial charge in [-0.05, 0) is 38.1 Å². The molecule has 1 aromatic carbocycles. The fourth-order valence-corrected chi connectivity index (χ4v) is 2.97. The summed E-state index contributed by atoms with van der Waals surface area (Å²) in [6.45, 7) is 3.86. The first-order valence-corrected chi connectivity index (χ1v) is 7.12. The topological polar surface area (TPSA) is 21.7 Å². The molecule has 0 aliphatic carbocycles. The van der Waals surface area contributed by atoms with Gasteiger partial charge in [-0.15, -0.1) is 0 Å². The number of morpholine rings is 1. The molecule has 2 heterocycles. The summed E-state index contributed by atoms with van der Waals surface area (Å²) in [7, 11) is 2.11. The molecule has 3 nitrogen and oxygen atoms in total. The number of rotatable bonds is 3. The number of halogens is 1. The minimum Gasteiger partial charge on any atom is -0.494 e. The van der Waals surface area contributed by atoms with Crippen LogP contribution in [-0.4, -0.2) is 43.9 Å². The molecule has 20 heavy (non-hydrogen) atoms. The fourth-order valence-electron chi connectivity index (χ4n) is 2.97. The summed E-state index contributed by atoms with van der Waals surface area (Å²) in [4.78, 5) is 2.32. The molecule has 1 saturated heterocycles. The van der Waals surface area contributed by atoms with Crippen molar-refractivity contribution in [3.8, 4) is 5.75 Å². The number of fused-ring (bicyclic) bond motifs is 2. The van der Waals surface area contributed by atoms with Crippen molar-refractivity contribution in [2.24, 2.45) is 0 Å². The second-order valence-electron chi connectivity index (χ2n) is 5.39. The second kappa shape index (κ2) is 5.54. The summed E-state index contributed by atoms with van der Waals surface area (Å²) in [5.74, 6) is 0.386. The zero-order valence-corrected chi connectivity index (χ0v) is 11.9. The molecule has 2 bridgehead atoms. The molecule has 2 atom stereocenters. The highest BCUT2D eigenvalue weighted by atomic mass is 19.1. The van der Waals surface area contributed by atoms with Crippen molar-refractivity contribution in [3.63, 3.8) is 0 Å². The highest BCUT2D eigenvalue weighted by molar-refractivity contribution is 5.68. The van der Waals surface area contributed by atoms with Crippen LogP contribution in [0, 0.1) is 5.82 Å². The fraction of sp³-hybridized carbons (Fsp3) is 0.500. The maximum Gasteiger partial charge on any atom is 0.134 e. The van der Waals surface area contributed by atoms with Gasteiger partial charge < -0.3 is 9.47 Å². The van der Waals surface area contributed by atoms with Crippen LogP contribution >= 0.6 is 0 Å². The predicted molar refractivity (Wildman–Crippen MR) is 76.3 cm³/mol. The van der Waals surface area contributed by atoms with E-state index < -0.39 is 0 Å². The van der Waals surface area contributed by atoms with Crippen LogP contribution in [0.1, 0.15) is 18.9 Å². The van der Waals surface area contributed by atoms with Crippen LogP contribution in [0.25, 0.3) is 5.57 Å². The third-order valence-corrected chi connectivity index (χ3v) is 4.14. The lowest BCUT2D eigenvalue weighted by molar-refractivity contribution is -0.0222. The molecule has 0 amide bonds. The van der Waals surface area contributed by atoms with E-state index in [0.717, 1.165) is 18.6 Å². The summed E-state index contributed by atoms with van der Waals surface area (Å²) in [6.07, 6.45) is 2.96. The van der Waals surface area contributed by atoms with Gasteiger partial charge in [-0.2, -0.15) is 0 Å². The molecule has 0 saturated carbocycles. The lowest BCUT2D eigenvalue weighted by atomic mass is 9.90. The Morgan fingerprint density at radius 1 is 1.40 bits per heavy atom. The maximum atomic E-state index is 14.3. The van der Waals surface area contributed by atoms with E-state index in [1.807, 2.05) is 19.1 Å². The van der Waals surface area contributed by atoms with Crippen molar-refractivity contribution in [3.05, 3.63) is 35.7 Å². The maximum absolute atomic E-state index is 14.3. The SMILES string of the molecule is CCOc1ccc(C2=CC3COCC(C2)N3C)c(F)c1. The molecule has 0 spiro atoms. The first kappa shape index (κ1) is 13.6. The Bertz CT molecular complexity index is 529. The number of likely N-dealkylation sites (N-methyl/N-ethyl adjacent to an activating group) is 1. The molecule has 2 aliphatic rings. The van der Waals surface area contributed by atoms with Crippen molar-refractivity contribution in [2.45, 2.75) is 25.4 Å². The summed E-state index contributed by atoms with van der Waals surface area (Å²) in [5, 5.41) is 0. The molecule has 2 unspecified atom stereocenters. The molecule has 1 fully saturated rings. The number of benzene rings is 1. The number of ether oxygens (including phenoxy) is 2. The summed E-state index contributed by atoms with van der Waals surface area (Å²) in [5.41, 5.74) is 1.78. The number of nitrogens with zero attached hydrogens (tertiary/aromatic N) is 1. The molecular weight excluding hydrogens is 257 g/mol. The highest BCUT2D eigenvalue weighted by Gasteiger charge is 2.32. The van der Waals surface area contributed by atoms with Crippen LogP contribution in [0.3, 0.4) is 0 Å². The van der Waals surface area contributed by atoms with Gasteiger partial charge in [0.2, 0.25) is 0 Å². The van der Waals surface area contributed by atoms with Gasteiger partial charge in [-0.25, -0.2) is 4.39 Å². The van der Waals surface area contributed by atoms with E-state index in [2.05, 4.69) is 18.0 Å². The average molecular weight is 277 g/mol. The Morgan fingerprint density at radius 3 is 2.95 bits per heavy atom. The quantitative estimate of drug-likeness (QED) is 0.848. The van der Waals surface area contributed by atoms with Crippen molar-refractivity contribution in [1.29, 1.82) is 0 Å². The molecule has 0 radical (unpaired) electrons. The van der Waals surface area contributed by atoms with Gasteiger partial charge in [-0.3, -0.25) is 4.90 Å². The van der Waals surface area contributed by atoms with Gasteiger partial charge in [0, 0.05) is 17.7 Å². The van der Waals surface area contributed by atoms with Gasteiger partial charge in [0.1, 0.15) is 11.6 Å². The summed E-state index contributed by atoms with van der Waals surface area (Å²) in [6, 6.07) is 5.74. The normalized spacial score (nSPS) is 26.2. The Kier molecular flexibility index (Phi) is 3.76. The van der Waals surface area contributed by atoms with Crippen LogP contribution in [0.2, 0.25) is 0 Å². The monoisotopic (exact) mass is 277 g/mol. The van der Waals surface area contributed by atoms with E-state index >= 15 is 0 Å². The van der Waals surface area contributed by atoms with Gasteiger partial charge >= 0.3 is 0 Å². The molecule has 3 rings (SSSR count). The van der Waals surface area contributed by atoms with E-state index in [-0.39, 0.29) is 11.9 Å². The third kappa shape index (κ3) is 2.45. The number of hydrogen-bond acceptors (Lipinski definition) is 3. The average Bonchev–Trinajstić information content (AvgIpc) is 2.39. The van der Waals surface area contributed by atoms with Crippen molar-refractivity contribution in [1.82, 2.24) is 4.90 Å². The first-order chi connectivity index (χ1) is 9.69. The van der Waals surface area contributed by atoms with Crippen molar-refractivity contribution >= 4 is 5.57 Å². The van der Waals surface area contributed by atoms with Gasteiger partial charge in [0.15, 0.2) is 0 Å². The Morgan fingerprint density at radius 2 is 2.25 bits per heavy atom. The highest BCUT2D eigenvalue weighted by Crippen LogP contribution is 2.33. The van der Waals surface area contributed by atoms with Crippen LogP contribution in [0.5, 0.6) is 5.75 Å². The molecule has 108 valence electrons. The first-order valence-electron chi connectivity index (χ1n) is 7.12. The van der Waals surface area contributed by atoms with Crippen LogP contribution in [0.15, 0.2) is 24.3 Å². The van der Waals surface area contributed by atoms with Crippen LogP contribution in [0.4, 0.5) is 4.39 Å². The van der Waals surface area contributed by atoms with Crippen molar-refractivity contribution in [2.75, 3.05) is 26.9 Å². The van der Waals surface area contributed by atoms with Gasteiger partial charge in [-0.1, -0.05) is 6.08 Å². The minimum atomic E-state index is -0.203. The standard InChI is InChI=1S/C16H20FNO2/c1-3-20-14-4-5-15(16(17)8-14)11-6-12-9-19-10-13(7-11)18(12)2/h4-6,8,12-13H,3,7,9-10H2,1-2H3. The van der Waals surface area contributed by atoms with Crippen molar-refractivity contribution < 1.29 is 13.9 Å². The van der Waals surface area contributed by atoms with Crippen LogP contribution < -0.4 is 4.74 Å². The Hall–Kier alpha value is -1.39. The van der Waals surface area contributed by atoms with E-state index in [1.54, 1.807) is 0 Å². The second-order valence-corrected chi connectivity index (χ2v) is 5.39.